The molecular weight excluding hydrogens is 266 g/mol. The van der Waals surface area contributed by atoms with Crippen LogP contribution in [0.1, 0.15) is 24.6 Å². The quantitative estimate of drug-likeness (QED) is 0.820. The Morgan fingerprint density at radius 3 is 2.95 bits per heavy atom. The summed E-state index contributed by atoms with van der Waals surface area (Å²) in [5.74, 6) is 0. The minimum absolute atomic E-state index is 0.0181. The van der Waals surface area contributed by atoms with Crippen molar-refractivity contribution in [3.63, 3.8) is 0 Å². The van der Waals surface area contributed by atoms with Crippen molar-refractivity contribution in [3.8, 4) is 0 Å². The molecule has 0 atom stereocenters. The van der Waals surface area contributed by atoms with Crippen LogP contribution in [0.2, 0.25) is 0 Å². The predicted molar refractivity (Wildman–Crippen MR) is 80.0 cm³/mol. The second kappa shape index (κ2) is 6.22. The molecule has 3 rings (SSSR count). The van der Waals surface area contributed by atoms with Crippen molar-refractivity contribution in [3.05, 3.63) is 46.1 Å². The van der Waals surface area contributed by atoms with Gasteiger partial charge in [0.25, 0.3) is 5.56 Å². The summed E-state index contributed by atoms with van der Waals surface area (Å²) in [6.45, 7) is 6.39. The molecule has 0 amide bonds. The van der Waals surface area contributed by atoms with Gasteiger partial charge < -0.3 is 0 Å². The van der Waals surface area contributed by atoms with E-state index in [-0.39, 0.29) is 5.56 Å². The largest absolute Gasteiger partial charge is 0.297 e. The lowest BCUT2D eigenvalue weighted by Gasteiger charge is -2.28. The first-order valence-corrected chi connectivity index (χ1v) is 7.56. The van der Waals surface area contributed by atoms with E-state index >= 15 is 0 Å². The van der Waals surface area contributed by atoms with Crippen LogP contribution in [0.15, 0.2) is 29.3 Å². The van der Waals surface area contributed by atoms with Gasteiger partial charge >= 0.3 is 0 Å². The minimum atomic E-state index is 0.0181. The number of nitrogens with zero attached hydrogens (tertiary/aromatic N) is 5. The maximum atomic E-state index is 12.0. The first-order valence-electron chi connectivity index (χ1n) is 7.56. The molecule has 0 aromatic carbocycles. The number of aryl methyl sites for hydroxylation is 1. The molecule has 0 unspecified atom stereocenters. The van der Waals surface area contributed by atoms with E-state index in [1.807, 2.05) is 16.9 Å². The van der Waals surface area contributed by atoms with E-state index in [4.69, 9.17) is 0 Å². The molecule has 0 bridgehead atoms. The summed E-state index contributed by atoms with van der Waals surface area (Å²) in [5, 5.41) is 8.72. The first kappa shape index (κ1) is 14.0. The fraction of sp³-hybridized carbons (Fsp3) is 0.533. The average Bonchev–Trinajstić information content (AvgIpc) is 2.99. The monoisotopic (exact) mass is 287 g/mol. The fourth-order valence-corrected chi connectivity index (χ4v) is 2.74. The third-order valence-corrected chi connectivity index (χ3v) is 3.86. The Bertz CT molecular complexity index is 647. The van der Waals surface area contributed by atoms with Gasteiger partial charge in [-0.05, 0) is 18.1 Å². The highest BCUT2D eigenvalue weighted by Crippen LogP contribution is 2.14. The molecule has 2 aromatic rings. The van der Waals surface area contributed by atoms with E-state index in [0.29, 0.717) is 6.54 Å². The average molecular weight is 287 g/mol. The van der Waals surface area contributed by atoms with Crippen LogP contribution in [-0.2, 0) is 26.1 Å². The van der Waals surface area contributed by atoms with Gasteiger partial charge in [-0.2, -0.15) is 10.2 Å². The van der Waals surface area contributed by atoms with Crippen LogP contribution in [0.3, 0.4) is 0 Å². The Morgan fingerprint density at radius 1 is 1.29 bits per heavy atom. The van der Waals surface area contributed by atoms with Crippen molar-refractivity contribution in [2.75, 3.05) is 13.1 Å². The summed E-state index contributed by atoms with van der Waals surface area (Å²) >= 11 is 0. The lowest BCUT2D eigenvalue weighted by atomic mass is 10.1. The molecule has 0 saturated heterocycles. The van der Waals surface area contributed by atoms with Crippen LogP contribution in [-0.4, -0.2) is 37.6 Å². The lowest BCUT2D eigenvalue weighted by Crippen LogP contribution is -2.36. The van der Waals surface area contributed by atoms with Crippen molar-refractivity contribution in [2.45, 2.75) is 39.4 Å². The summed E-state index contributed by atoms with van der Waals surface area (Å²) < 4.78 is 3.53. The Hall–Kier alpha value is -1.95. The molecule has 0 fully saturated rings. The van der Waals surface area contributed by atoms with Gasteiger partial charge in [-0.15, -0.1) is 0 Å². The van der Waals surface area contributed by atoms with Gasteiger partial charge in [0.15, 0.2) is 0 Å². The number of hydrogen-bond acceptors (Lipinski definition) is 4. The summed E-state index contributed by atoms with van der Waals surface area (Å²) in [7, 11) is 0. The van der Waals surface area contributed by atoms with Crippen LogP contribution in [0.4, 0.5) is 0 Å². The Balaban J connectivity index is 1.67. The second-order valence-corrected chi connectivity index (χ2v) is 5.47. The molecule has 2 aromatic heterocycles. The molecule has 6 nitrogen and oxygen atoms in total. The van der Waals surface area contributed by atoms with Crippen LogP contribution in [0.25, 0.3) is 0 Å². The fourth-order valence-electron chi connectivity index (χ4n) is 2.74. The third kappa shape index (κ3) is 3.21. The van der Waals surface area contributed by atoms with Crippen LogP contribution < -0.4 is 5.56 Å². The van der Waals surface area contributed by atoms with E-state index in [1.54, 1.807) is 16.9 Å². The molecule has 0 radical (unpaired) electrons. The van der Waals surface area contributed by atoms with Crippen molar-refractivity contribution < 1.29 is 0 Å². The molecule has 0 N–H and O–H groups in total. The summed E-state index contributed by atoms with van der Waals surface area (Å²) in [4.78, 5) is 14.4. The zero-order valence-electron chi connectivity index (χ0n) is 12.4. The summed E-state index contributed by atoms with van der Waals surface area (Å²) in [6, 6.07) is 3.70. The van der Waals surface area contributed by atoms with Gasteiger partial charge in [-0.3, -0.25) is 14.4 Å². The minimum Gasteiger partial charge on any atom is -0.297 e. The van der Waals surface area contributed by atoms with Crippen LogP contribution >= 0.6 is 0 Å². The highest BCUT2D eigenvalue weighted by molar-refractivity contribution is 5.20. The van der Waals surface area contributed by atoms with E-state index in [2.05, 4.69) is 22.0 Å². The zero-order chi connectivity index (χ0) is 14.7. The molecule has 21 heavy (non-hydrogen) atoms. The van der Waals surface area contributed by atoms with E-state index in [1.165, 1.54) is 0 Å². The molecule has 1 aliphatic heterocycles. The van der Waals surface area contributed by atoms with Gasteiger partial charge in [0.1, 0.15) is 0 Å². The molecule has 3 heterocycles. The zero-order valence-corrected chi connectivity index (χ0v) is 12.4. The number of aromatic nitrogens is 4. The second-order valence-electron chi connectivity index (χ2n) is 5.47. The SMILES string of the molecule is CCCn1nc2c(cc1=O)CN(CCn1cccn1)CC2. The molecule has 6 heteroatoms. The van der Waals surface area contributed by atoms with Gasteiger partial charge in [0.2, 0.25) is 0 Å². The van der Waals surface area contributed by atoms with Crippen LogP contribution in [0, 0.1) is 0 Å². The van der Waals surface area contributed by atoms with Gasteiger partial charge in [-0.1, -0.05) is 6.92 Å². The highest BCUT2D eigenvalue weighted by Gasteiger charge is 2.18. The van der Waals surface area contributed by atoms with Crippen molar-refractivity contribution in [1.82, 2.24) is 24.5 Å². The highest BCUT2D eigenvalue weighted by atomic mass is 16.1. The third-order valence-electron chi connectivity index (χ3n) is 3.86. The Morgan fingerprint density at radius 2 is 2.19 bits per heavy atom. The maximum Gasteiger partial charge on any atom is 0.267 e. The normalized spacial score (nSPS) is 15.1. The van der Waals surface area contributed by atoms with E-state index in [9.17, 15) is 4.79 Å². The van der Waals surface area contributed by atoms with Crippen molar-refractivity contribution in [1.29, 1.82) is 0 Å². The number of hydrogen-bond donors (Lipinski definition) is 0. The molecule has 0 aliphatic carbocycles. The van der Waals surface area contributed by atoms with Gasteiger partial charge in [0.05, 0.1) is 12.2 Å². The molecule has 1 aliphatic rings. The van der Waals surface area contributed by atoms with E-state index < -0.39 is 0 Å². The van der Waals surface area contributed by atoms with E-state index in [0.717, 1.165) is 50.3 Å². The molecule has 112 valence electrons. The number of rotatable bonds is 5. The predicted octanol–water partition coefficient (Wildman–Crippen LogP) is 0.908. The maximum absolute atomic E-state index is 12.0. The standard InChI is InChI=1S/C15H21N5O/c1-2-6-20-15(21)11-13-12-18(8-4-14(13)17-20)9-10-19-7-3-5-16-19/h3,5,7,11H,2,4,6,8-10,12H2,1H3. The van der Waals surface area contributed by atoms with Gasteiger partial charge in [0, 0.05) is 51.1 Å². The first-order chi connectivity index (χ1) is 10.3. The Kier molecular flexibility index (Phi) is 4.15. The molecular formula is C15H21N5O. The smallest absolute Gasteiger partial charge is 0.267 e. The lowest BCUT2D eigenvalue weighted by molar-refractivity contribution is 0.236. The molecule has 0 spiro atoms. The van der Waals surface area contributed by atoms with Gasteiger partial charge in [-0.25, -0.2) is 4.68 Å². The van der Waals surface area contributed by atoms with Crippen molar-refractivity contribution >= 4 is 0 Å². The van der Waals surface area contributed by atoms with Crippen molar-refractivity contribution in [2.24, 2.45) is 0 Å². The topological polar surface area (TPSA) is 56.0 Å². The van der Waals surface area contributed by atoms with Crippen LogP contribution in [0.5, 0.6) is 0 Å². The summed E-state index contributed by atoms with van der Waals surface area (Å²) in [5.41, 5.74) is 2.18. The molecule has 0 saturated carbocycles. The number of fused-ring (bicyclic) bond motifs is 1. The summed E-state index contributed by atoms with van der Waals surface area (Å²) in [6.07, 6.45) is 5.62. The Labute approximate surface area is 124 Å².